The first-order valence-corrected chi connectivity index (χ1v) is 8.37. The third-order valence-electron chi connectivity index (χ3n) is 4.79. The van der Waals surface area contributed by atoms with Crippen LogP contribution >= 0.6 is 0 Å². The van der Waals surface area contributed by atoms with Gasteiger partial charge in [-0.2, -0.15) is 5.10 Å². The summed E-state index contributed by atoms with van der Waals surface area (Å²) in [4.78, 5) is 11.5. The second kappa shape index (κ2) is 6.29. The minimum atomic E-state index is -0.808. The van der Waals surface area contributed by atoms with Crippen LogP contribution in [0.1, 0.15) is 28.3 Å². The molecule has 25 heavy (non-hydrogen) atoms. The summed E-state index contributed by atoms with van der Waals surface area (Å²) in [5.74, 6) is -0.606. The van der Waals surface area contributed by atoms with Gasteiger partial charge >= 0.3 is 0 Å². The average molecular weight is 338 g/mol. The highest BCUT2D eigenvalue weighted by atomic mass is 19.1. The van der Waals surface area contributed by atoms with Crippen molar-refractivity contribution in [3.8, 4) is 5.69 Å². The Hall–Kier alpha value is -2.73. The Kier molecular flexibility index (Phi) is 3.97. The molecular weight excluding hydrogens is 319 g/mol. The van der Waals surface area contributed by atoms with Crippen molar-refractivity contribution >= 4 is 16.8 Å². The number of alkyl halides is 1. The van der Waals surface area contributed by atoms with Gasteiger partial charge in [0.15, 0.2) is 0 Å². The average Bonchev–Trinajstić information content (AvgIpc) is 3.06. The number of hydrogen-bond acceptors (Lipinski definition) is 3. The fourth-order valence-corrected chi connectivity index (χ4v) is 3.40. The van der Waals surface area contributed by atoms with Gasteiger partial charge in [0.25, 0.3) is 5.91 Å². The van der Waals surface area contributed by atoms with Crippen LogP contribution in [-0.2, 0) is 0 Å². The van der Waals surface area contributed by atoms with E-state index in [-0.39, 0.29) is 5.92 Å². The van der Waals surface area contributed by atoms with Crippen LogP contribution in [-0.4, -0.2) is 34.9 Å². The zero-order valence-electron chi connectivity index (χ0n) is 13.7. The second-order valence-electron chi connectivity index (χ2n) is 6.39. The van der Waals surface area contributed by atoms with E-state index in [4.69, 9.17) is 5.73 Å². The molecule has 2 atom stereocenters. The SMILES string of the molecule is NC(=O)c1cccc2cn(-c3ccc(C4CNCCC4F)cc3)nc12. The molecule has 5 nitrogen and oxygen atoms in total. The van der Waals surface area contributed by atoms with Crippen molar-refractivity contribution in [1.29, 1.82) is 0 Å². The molecule has 1 amide bonds. The number of primary amides is 1. The number of rotatable bonds is 3. The molecule has 1 aliphatic heterocycles. The van der Waals surface area contributed by atoms with Crippen LogP contribution in [0.2, 0.25) is 0 Å². The standard InChI is InChI=1S/C19H19FN4O/c20-17-8-9-22-10-16(17)12-4-6-14(7-5-12)24-11-13-2-1-3-15(19(21)25)18(13)23-24/h1-7,11,16-17,22H,8-10H2,(H2,21,25). The normalized spacial score (nSPS) is 20.7. The maximum atomic E-state index is 14.1. The molecule has 0 saturated carbocycles. The number of nitrogens with one attached hydrogen (secondary N) is 1. The van der Waals surface area contributed by atoms with Crippen LogP contribution in [0, 0.1) is 0 Å². The largest absolute Gasteiger partial charge is 0.366 e. The van der Waals surface area contributed by atoms with Crippen molar-refractivity contribution in [3.63, 3.8) is 0 Å². The van der Waals surface area contributed by atoms with Crippen LogP contribution < -0.4 is 11.1 Å². The van der Waals surface area contributed by atoms with E-state index in [0.717, 1.165) is 23.2 Å². The molecule has 1 fully saturated rings. The van der Waals surface area contributed by atoms with Crippen LogP contribution in [0.25, 0.3) is 16.6 Å². The Balaban J connectivity index is 1.67. The summed E-state index contributed by atoms with van der Waals surface area (Å²) in [6.45, 7) is 1.39. The van der Waals surface area contributed by atoms with Crippen LogP contribution in [0.5, 0.6) is 0 Å². The second-order valence-corrected chi connectivity index (χ2v) is 6.39. The molecule has 0 bridgehead atoms. The summed E-state index contributed by atoms with van der Waals surface area (Å²) in [6.07, 6.45) is 1.60. The van der Waals surface area contributed by atoms with Crippen molar-refractivity contribution in [2.75, 3.05) is 13.1 Å². The van der Waals surface area contributed by atoms with Crippen molar-refractivity contribution in [2.24, 2.45) is 5.73 Å². The maximum absolute atomic E-state index is 14.1. The first-order valence-electron chi connectivity index (χ1n) is 8.37. The Morgan fingerprint density at radius 2 is 2.04 bits per heavy atom. The maximum Gasteiger partial charge on any atom is 0.250 e. The highest BCUT2D eigenvalue weighted by molar-refractivity contribution is 6.04. The Labute approximate surface area is 144 Å². The molecule has 3 N–H and O–H groups in total. The fourth-order valence-electron chi connectivity index (χ4n) is 3.40. The summed E-state index contributed by atoms with van der Waals surface area (Å²) in [5, 5.41) is 8.58. The van der Waals surface area contributed by atoms with E-state index in [0.29, 0.717) is 24.0 Å². The van der Waals surface area contributed by atoms with E-state index in [1.165, 1.54) is 0 Å². The number of aromatic nitrogens is 2. The molecule has 1 saturated heterocycles. The number of fused-ring (bicyclic) bond motifs is 1. The van der Waals surface area contributed by atoms with Gasteiger partial charge in [-0.05, 0) is 36.7 Å². The third kappa shape index (κ3) is 2.89. The first kappa shape index (κ1) is 15.8. The number of hydrogen-bond donors (Lipinski definition) is 2. The monoisotopic (exact) mass is 338 g/mol. The summed E-state index contributed by atoms with van der Waals surface area (Å²) in [7, 11) is 0. The van der Waals surface area contributed by atoms with Gasteiger partial charge in [-0.1, -0.05) is 24.3 Å². The summed E-state index contributed by atoms with van der Waals surface area (Å²) >= 11 is 0. The molecule has 3 aromatic rings. The molecular formula is C19H19FN4O. The molecule has 0 radical (unpaired) electrons. The molecule has 1 aliphatic rings. The number of nitrogens with zero attached hydrogens (tertiary/aromatic N) is 2. The number of carbonyl (C=O) groups excluding carboxylic acids is 1. The zero-order chi connectivity index (χ0) is 17.4. The molecule has 6 heteroatoms. The van der Waals surface area contributed by atoms with E-state index in [1.807, 2.05) is 36.5 Å². The van der Waals surface area contributed by atoms with Crippen molar-refractivity contribution in [3.05, 3.63) is 59.8 Å². The highest BCUT2D eigenvalue weighted by Crippen LogP contribution is 2.27. The van der Waals surface area contributed by atoms with Gasteiger partial charge in [-0.15, -0.1) is 0 Å². The number of amides is 1. The number of halogens is 1. The Morgan fingerprint density at radius 3 is 2.76 bits per heavy atom. The predicted octanol–water partition coefficient (Wildman–Crippen LogP) is 2.54. The molecule has 4 rings (SSSR count). The van der Waals surface area contributed by atoms with Gasteiger partial charge in [-0.3, -0.25) is 4.79 Å². The smallest absolute Gasteiger partial charge is 0.250 e. The quantitative estimate of drug-likeness (QED) is 0.771. The Morgan fingerprint density at radius 1 is 1.24 bits per heavy atom. The van der Waals surface area contributed by atoms with Gasteiger partial charge < -0.3 is 11.1 Å². The van der Waals surface area contributed by atoms with E-state index in [2.05, 4.69) is 10.4 Å². The molecule has 2 unspecified atom stereocenters. The lowest BCUT2D eigenvalue weighted by molar-refractivity contribution is 0.100. The fraction of sp³-hybridized carbons (Fsp3) is 0.263. The lowest BCUT2D eigenvalue weighted by Gasteiger charge is -2.27. The van der Waals surface area contributed by atoms with Crippen molar-refractivity contribution in [1.82, 2.24) is 15.1 Å². The summed E-state index contributed by atoms with van der Waals surface area (Å²) in [6, 6.07) is 13.1. The molecule has 128 valence electrons. The molecule has 1 aromatic heterocycles. The van der Waals surface area contributed by atoms with Crippen LogP contribution in [0.15, 0.2) is 48.7 Å². The molecule has 2 aromatic carbocycles. The van der Waals surface area contributed by atoms with Gasteiger partial charge in [-0.25, -0.2) is 9.07 Å². The molecule has 0 aliphatic carbocycles. The topological polar surface area (TPSA) is 72.9 Å². The highest BCUT2D eigenvalue weighted by Gasteiger charge is 2.25. The van der Waals surface area contributed by atoms with E-state index in [9.17, 15) is 9.18 Å². The van der Waals surface area contributed by atoms with Gasteiger partial charge in [0.2, 0.25) is 0 Å². The number of piperidine rings is 1. The molecule has 0 spiro atoms. The molecule has 2 heterocycles. The van der Waals surface area contributed by atoms with Crippen molar-refractivity contribution in [2.45, 2.75) is 18.5 Å². The van der Waals surface area contributed by atoms with Gasteiger partial charge in [0, 0.05) is 24.0 Å². The lowest BCUT2D eigenvalue weighted by atomic mass is 9.90. The van der Waals surface area contributed by atoms with Gasteiger partial charge in [0.05, 0.1) is 11.3 Å². The minimum Gasteiger partial charge on any atom is -0.366 e. The zero-order valence-corrected chi connectivity index (χ0v) is 13.7. The van der Waals surface area contributed by atoms with E-state index in [1.54, 1.807) is 16.8 Å². The van der Waals surface area contributed by atoms with Crippen molar-refractivity contribution < 1.29 is 9.18 Å². The summed E-state index contributed by atoms with van der Waals surface area (Å²) < 4.78 is 15.8. The van der Waals surface area contributed by atoms with E-state index < -0.39 is 12.1 Å². The van der Waals surface area contributed by atoms with Crippen LogP contribution in [0.4, 0.5) is 4.39 Å². The Bertz CT molecular complexity index is 919. The number of nitrogens with two attached hydrogens (primary N) is 1. The minimum absolute atomic E-state index is 0.110. The van der Waals surface area contributed by atoms with Gasteiger partial charge in [0.1, 0.15) is 11.7 Å². The number of carbonyl (C=O) groups is 1. The lowest BCUT2D eigenvalue weighted by Crippen LogP contribution is -2.36. The first-order chi connectivity index (χ1) is 12.1. The van der Waals surface area contributed by atoms with E-state index >= 15 is 0 Å². The predicted molar refractivity (Wildman–Crippen MR) is 94.7 cm³/mol. The summed E-state index contributed by atoms with van der Waals surface area (Å²) in [5.41, 5.74) is 8.24. The van der Waals surface area contributed by atoms with Crippen LogP contribution in [0.3, 0.4) is 0 Å². The third-order valence-corrected chi connectivity index (χ3v) is 4.79. The number of benzene rings is 2.